The van der Waals surface area contributed by atoms with Crippen LogP contribution in [0.2, 0.25) is 0 Å². The first-order chi connectivity index (χ1) is 15.4. The number of carboxylic acids is 1. The molecule has 0 radical (unpaired) electrons. The number of esters is 1. The Kier molecular flexibility index (Phi) is 8.59. The topological polar surface area (TPSA) is 95.9 Å². The fourth-order valence-corrected chi connectivity index (χ4v) is 3.65. The zero-order valence-corrected chi connectivity index (χ0v) is 18.4. The van der Waals surface area contributed by atoms with Crippen LogP contribution in [0, 0.1) is 5.92 Å². The van der Waals surface area contributed by atoms with E-state index in [1.54, 1.807) is 6.92 Å². The molecule has 0 aromatic heterocycles. The number of hydrogen-bond acceptors (Lipinski definition) is 5. The Morgan fingerprint density at radius 1 is 1.06 bits per heavy atom. The van der Waals surface area contributed by atoms with E-state index in [2.05, 4.69) is 17.4 Å². The predicted octanol–water partition coefficient (Wildman–Crippen LogP) is 4.28. The normalized spacial score (nSPS) is 15.8. The molecule has 0 saturated heterocycles. The number of allylic oxidation sites excluding steroid dienone is 2. The van der Waals surface area contributed by atoms with Crippen LogP contribution in [0.15, 0.2) is 66.4 Å². The highest BCUT2D eigenvalue weighted by Gasteiger charge is 2.22. The van der Waals surface area contributed by atoms with Crippen molar-refractivity contribution in [2.75, 3.05) is 0 Å². The minimum Gasteiger partial charge on any atom is -0.481 e. The Bertz CT molecular complexity index is 923. The van der Waals surface area contributed by atoms with Gasteiger partial charge in [0.15, 0.2) is 0 Å². The Labute approximate surface area is 188 Å². The second-order valence-corrected chi connectivity index (χ2v) is 8.34. The maximum absolute atomic E-state index is 11.9. The van der Waals surface area contributed by atoms with E-state index in [4.69, 9.17) is 4.74 Å². The second-order valence-electron chi connectivity index (χ2n) is 8.34. The molecule has 0 bridgehead atoms. The summed E-state index contributed by atoms with van der Waals surface area (Å²) in [6.07, 6.45) is 3.90. The summed E-state index contributed by atoms with van der Waals surface area (Å²) in [5, 5.41) is 22.8. The van der Waals surface area contributed by atoms with Crippen molar-refractivity contribution in [2.45, 2.75) is 57.7 Å². The van der Waals surface area contributed by atoms with Crippen LogP contribution in [-0.2, 0) is 20.7 Å². The van der Waals surface area contributed by atoms with Gasteiger partial charge in [0.1, 0.15) is 12.0 Å². The van der Waals surface area contributed by atoms with E-state index in [1.165, 1.54) is 0 Å². The van der Waals surface area contributed by atoms with E-state index in [-0.39, 0.29) is 24.9 Å². The van der Waals surface area contributed by atoms with Crippen molar-refractivity contribution in [2.24, 2.45) is 5.92 Å². The van der Waals surface area contributed by atoms with Gasteiger partial charge in [0.25, 0.3) is 0 Å². The second kappa shape index (κ2) is 11.6. The van der Waals surface area contributed by atoms with Crippen LogP contribution in [0.1, 0.15) is 44.6 Å². The third-order valence-corrected chi connectivity index (χ3v) is 5.66. The average molecular weight is 438 g/mol. The average Bonchev–Trinajstić information content (AvgIpc) is 2.76. The molecule has 6 nitrogen and oxygen atoms in total. The molecule has 0 heterocycles. The smallest absolute Gasteiger partial charge is 0.310 e. The molecule has 0 fully saturated rings. The van der Waals surface area contributed by atoms with Crippen molar-refractivity contribution in [3.63, 3.8) is 0 Å². The Balaban J connectivity index is 1.57. The van der Waals surface area contributed by atoms with Crippen LogP contribution in [0.4, 0.5) is 0 Å². The first-order valence-electron chi connectivity index (χ1n) is 11.1. The van der Waals surface area contributed by atoms with E-state index >= 15 is 0 Å². The SMILES string of the molecule is C[C@H](C[C@@H](Cc1ccc(-c2ccccc2)cc1)NC(O)CCC(=O)OC1=CCC1)C(=O)O. The maximum Gasteiger partial charge on any atom is 0.310 e. The first kappa shape index (κ1) is 23.7. The van der Waals surface area contributed by atoms with Crippen LogP contribution in [0.5, 0.6) is 0 Å². The molecule has 6 heteroatoms. The van der Waals surface area contributed by atoms with Gasteiger partial charge in [-0.2, -0.15) is 0 Å². The van der Waals surface area contributed by atoms with Gasteiger partial charge >= 0.3 is 11.9 Å². The summed E-state index contributed by atoms with van der Waals surface area (Å²) in [4.78, 5) is 23.2. The number of nitrogens with one attached hydrogen (secondary N) is 1. The minimum absolute atomic E-state index is 0.0957. The molecular formula is C26H31NO5. The lowest BCUT2D eigenvalue weighted by molar-refractivity contribution is -0.141. The zero-order chi connectivity index (χ0) is 22.9. The molecule has 2 aromatic carbocycles. The number of benzene rings is 2. The van der Waals surface area contributed by atoms with Crippen molar-refractivity contribution in [3.8, 4) is 11.1 Å². The van der Waals surface area contributed by atoms with Crippen molar-refractivity contribution in [1.82, 2.24) is 5.32 Å². The highest BCUT2D eigenvalue weighted by molar-refractivity contribution is 5.71. The zero-order valence-electron chi connectivity index (χ0n) is 18.4. The van der Waals surface area contributed by atoms with E-state index in [0.717, 1.165) is 29.5 Å². The van der Waals surface area contributed by atoms with Gasteiger partial charge in [0.2, 0.25) is 0 Å². The maximum atomic E-state index is 11.9. The lowest BCUT2D eigenvalue weighted by Crippen LogP contribution is -2.41. The number of carbonyl (C=O) groups is 2. The molecule has 2 aromatic rings. The van der Waals surface area contributed by atoms with Gasteiger partial charge in [-0.15, -0.1) is 0 Å². The number of ether oxygens (including phenoxy) is 1. The molecule has 0 amide bonds. The fraction of sp³-hybridized carbons (Fsp3) is 0.385. The minimum atomic E-state index is -0.924. The summed E-state index contributed by atoms with van der Waals surface area (Å²) in [7, 11) is 0. The Morgan fingerprint density at radius 2 is 1.72 bits per heavy atom. The molecule has 170 valence electrons. The van der Waals surface area contributed by atoms with Gasteiger partial charge < -0.3 is 14.9 Å². The lowest BCUT2D eigenvalue weighted by Gasteiger charge is -2.24. The Hall–Kier alpha value is -2.96. The molecular weight excluding hydrogens is 406 g/mol. The molecule has 3 atom stereocenters. The molecule has 0 saturated carbocycles. The number of aliphatic carboxylic acids is 1. The standard InChI is InChI=1S/C26H31NO5/c1-18(26(30)31)16-22(27-24(28)14-15-25(29)32-23-8-5-9-23)17-19-10-12-21(13-11-19)20-6-3-2-4-7-20/h2-4,6-8,10-13,18,22,24,27-28H,5,9,14-17H2,1H3,(H,30,31)/t18-,22+,24?/m1/s1. The van der Waals surface area contributed by atoms with Gasteiger partial charge in [-0.05, 0) is 48.4 Å². The van der Waals surface area contributed by atoms with Crippen LogP contribution < -0.4 is 5.32 Å². The number of carbonyl (C=O) groups excluding carboxylic acids is 1. The number of aliphatic hydroxyl groups is 1. The summed E-state index contributed by atoms with van der Waals surface area (Å²) >= 11 is 0. The van der Waals surface area contributed by atoms with Crippen LogP contribution >= 0.6 is 0 Å². The number of hydrogen-bond donors (Lipinski definition) is 3. The van der Waals surface area contributed by atoms with Crippen molar-refractivity contribution in [3.05, 3.63) is 72.0 Å². The fourth-order valence-electron chi connectivity index (χ4n) is 3.65. The number of carboxylic acid groups (broad SMARTS) is 1. The van der Waals surface area contributed by atoms with Crippen LogP contribution in [-0.4, -0.2) is 34.4 Å². The lowest BCUT2D eigenvalue weighted by atomic mass is 9.94. The molecule has 1 aliphatic rings. The summed E-state index contributed by atoms with van der Waals surface area (Å²) in [6.45, 7) is 1.66. The monoisotopic (exact) mass is 437 g/mol. The molecule has 3 rings (SSSR count). The number of rotatable bonds is 12. The van der Waals surface area contributed by atoms with E-state index in [1.807, 2.05) is 48.5 Å². The van der Waals surface area contributed by atoms with Gasteiger partial charge in [-0.3, -0.25) is 14.9 Å². The van der Waals surface area contributed by atoms with Crippen LogP contribution in [0.25, 0.3) is 11.1 Å². The summed E-state index contributed by atoms with van der Waals surface area (Å²) in [6, 6.07) is 18.0. The Morgan fingerprint density at radius 3 is 2.31 bits per heavy atom. The predicted molar refractivity (Wildman–Crippen MR) is 123 cm³/mol. The third-order valence-electron chi connectivity index (χ3n) is 5.66. The van der Waals surface area contributed by atoms with Gasteiger partial charge in [0.05, 0.1) is 5.92 Å². The summed E-state index contributed by atoms with van der Waals surface area (Å²) in [5.41, 5.74) is 3.29. The summed E-state index contributed by atoms with van der Waals surface area (Å²) in [5.74, 6) is -1.09. The van der Waals surface area contributed by atoms with Crippen LogP contribution in [0.3, 0.4) is 0 Å². The van der Waals surface area contributed by atoms with Gasteiger partial charge in [-0.1, -0.05) is 61.5 Å². The molecule has 32 heavy (non-hydrogen) atoms. The largest absolute Gasteiger partial charge is 0.481 e. The molecule has 1 unspecified atom stereocenters. The van der Waals surface area contributed by atoms with E-state index in [0.29, 0.717) is 18.6 Å². The van der Waals surface area contributed by atoms with Gasteiger partial charge in [-0.25, -0.2) is 0 Å². The van der Waals surface area contributed by atoms with Crippen molar-refractivity contribution < 1.29 is 24.5 Å². The molecule has 0 aliphatic heterocycles. The van der Waals surface area contributed by atoms with Crippen molar-refractivity contribution in [1.29, 1.82) is 0 Å². The molecule has 1 aliphatic carbocycles. The number of aliphatic hydroxyl groups excluding tert-OH is 1. The molecule has 3 N–H and O–H groups in total. The summed E-state index contributed by atoms with van der Waals surface area (Å²) < 4.78 is 5.19. The first-order valence-corrected chi connectivity index (χ1v) is 11.1. The van der Waals surface area contributed by atoms with E-state index < -0.39 is 18.1 Å². The third kappa shape index (κ3) is 7.32. The molecule has 0 spiro atoms. The van der Waals surface area contributed by atoms with E-state index in [9.17, 15) is 19.8 Å². The quantitative estimate of drug-likeness (QED) is 0.339. The highest BCUT2D eigenvalue weighted by Crippen LogP contribution is 2.22. The highest BCUT2D eigenvalue weighted by atomic mass is 16.5. The van der Waals surface area contributed by atoms with Crippen molar-refractivity contribution >= 4 is 11.9 Å². The van der Waals surface area contributed by atoms with Gasteiger partial charge in [0, 0.05) is 18.9 Å².